The summed E-state index contributed by atoms with van der Waals surface area (Å²) in [4.78, 5) is 19.6. The first-order valence-corrected chi connectivity index (χ1v) is 7.02. The molecular formula is C13H11F3N4OS. The smallest absolute Gasteiger partial charge is 0.398 e. The van der Waals surface area contributed by atoms with Gasteiger partial charge in [0.2, 0.25) is 0 Å². The lowest BCUT2D eigenvalue weighted by atomic mass is 10.2. The molecule has 3 N–H and O–H groups in total. The highest BCUT2D eigenvalue weighted by Crippen LogP contribution is 2.25. The number of para-hydroxylation sites is 1. The molecule has 1 aromatic heterocycles. The molecule has 0 bridgehead atoms. The number of nitrogens with one attached hydrogen (secondary N) is 1. The van der Waals surface area contributed by atoms with Gasteiger partial charge < -0.3 is 11.1 Å². The van der Waals surface area contributed by atoms with Crippen LogP contribution in [0.1, 0.15) is 10.4 Å². The Labute approximate surface area is 128 Å². The molecule has 9 heteroatoms. The third kappa shape index (κ3) is 4.62. The number of benzene rings is 1. The molecule has 116 valence electrons. The first kappa shape index (κ1) is 16.1. The van der Waals surface area contributed by atoms with Crippen molar-refractivity contribution < 1.29 is 18.0 Å². The summed E-state index contributed by atoms with van der Waals surface area (Å²) < 4.78 is 36.5. The monoisotopic (exact) mass is 328 g/mol. The van der Waals surface area contributed by atoms with Gasteiger partial charge in [-0.2, -0.15) is 13.2 Å². The maximum absolute atomic E-state index is 12.2. The van der Waals surface area contributed by atoms with E-state index < -0.39 is 17.8 Å². The molecule has 1 aromatic carbocycles. The molecule has 0 saturated carbocycles. The minimum absolute atomic E-state index is 0.0730. The zero-order valence-corrected chi connectivity index (χ0v) is 11.9. The van der Waals surface area contributed by atoms with Crippen LogP contribution < -0.4 is 11.1 Å². The van der Waals surface area contributed by atoms with Crippen LogP contribution in [-0.2, 0) is 0 Å². The second-order valence-electron chi connectivity index (χ2n) is 4.17. The maximum atomic E-state index is 12.2. The Morgan fingerprint density at radius 1 is 1.27 bits per heavy atom. The predicted molar refractivity (Wildman–Crippen MR) is 77.6 cm³/mol. The van der Waals surface area contributed by atoms with Crippen molar-refractivity contribution in [3.8, 4) is 0 Å². The molecule has 5 nitrogen and oxygen atoms in total. The van der Waals surface area contributed by atoms with E-state index in [0.29, 0.717) is 17.4 Å². The number of carbonyl (C=O) groups is 1. The fraction of sp³-hybridized carbons (Fsp3) is 0.154. The number of anilines is 2. The number of nitrogens with two attached hydrogens (primary N) is 1. The number of hydrogen-bond acceptors (Lipinski definition) is 5. The summed E-state index contributed by atoms with van der Waals surface area (Å²) in [5.41, 5.74) is 6.23. The second kappa shape index (κ2) is 6.65. The van der Waals surface area contributed by atoms with Gasteiger partial charge in [0.05, 0.1) is 11.3 Å². The molecule has 1 amide bonds. The van der Waals surface area contributed by atoms with E-state index in [0.717, 1.165) is 0 Å². The fourth-order valence-electron chi connectivity index (χ4n) is 1.51. The van der Waals surface area contributed by atoms with E-state index in [1.54, 1.807) is 18.2 Å². The molecule has 2 rings (SSSR count). The van der Waals surface area contributed by atoms with Crippen molar-refractivity contribution in [3.05, 3.63) is 42.1 Å². The molecule has 0 aliphatic heterocycles. The summed E-state index contributed by atoms with van der Waals surface area (Å²) in [6.45, 7) is 0. The molecule has 0 fully saturated rings. The lowest BCUT2D eigenvalue weighted by molar-refractivity contribution is -0.105. The molecular weight excluding hydrogens is 317 g/mol. The number of thioether (sulfide) groups is 1. The van der Waals surface area contributed by atoms with Crippen LogP contribution in [-0.4, -0.2) is 27.8 Å². The van der Waals surface area contributed by atoms with Gasteiger partial charge in [0.25, 0.3) is 5.91 Å². The molecule has 0 spiro atoms. The molecule has 1 heterocycles. The first-order valence-electron chi connectivity index (χ1n) is 6.03. The van der Waals surface area contributed by atoms with Gasteiger partial charge in [0.1, 0.15) is 5.82 Å². The minimum Gasteiger partial charge on any atom is -0.398 e. The number of alkyl halides is 3. The van der Waals surface area contributed by atoms with Gasteiger partial charge in [-0.25, -0.2) is 9.97 Å². The third-order valence-electron chi connectivity index (χ3n) is 2.45. The van der Waals surface area contributed by atoms with E-state index >= 15 is 0 Å². The largest absolute Gasteiger partial charge is 0.398 e. The maximum Gasteiger partial charge on any atom is 0.398 e. The standard InChI is InChI=1S/C13H11F3N4OS/c14-13(15,16)7-22-12-18-6-5-10(20-12)19-11(21)8-3-1-2-4-9(8)17/h1-6H,7,17H2,(H,18,19,20,21). The van der Waals surface area contributed by atoms with Crippen LogP contribution in [0, 0.1) is 0 Å². The van der Waals surface area contributed by atoms with Crippen LogP contribution in [0.4, 0.5) is 24.7 Å². The number of amides is 1. The van der Waals surface area contributed by atoms with Gasteiger partial charge in [-0.05, 0) is 18.2 Å². The number of carbonyl (C=O) groups excluding carboxylic acids is 1. The summed E-state index contributed by atoms with van der Waals surface area (Å²) in [5, 5.41) is 2.40. The van der Waals surface area contributed by atoms with Crippen LogP contribution in [0.15, 0.2) is 41.7 Å². The average Bonchev–Trinajstić information content (AvgIpc) is 2.45. The molecule has 0 saturated heterocycles. The number of nitrogen functional groups attached to an aromatic ring is 1. The molecule has 0 aliphatic carbocycles. The predicted octanol–water partition coefficient (Wildman–Crippen LogP) is 2.97. The normalized spacial score (nSPS) is 11.2. The van der Waals surface area contributed by atoms with Gasteiger partial charge in [0.15, 0.2) is 5.16 Å². The number of nitrogens with zero attached hydrogens (tertiary/aromatic N) is 2. The van der Waals surface area contributed by atoms with E-state index in [-0.39, 0.29) is 16.5 Å². The average molecular weight is 328 g/mol. The van der Waals surface area contributed by atoms with Gasteiger partial charge in [-0.15, -0.1) is 0 Å². The van der Waals surface area contributed by atoms with E-state index in [9.17, 15) is 18.0 Å². The quantitative estimate of drug-likeness (QED) is 0.512. The fourth-order valence-corrected chi connectivity index (χ4v) is 2.10. The molecule has 22 heavy (non-hydrogen) atoms. The highest BCUT2D eigenvalue weighted by atomic mass is 32.2. The Bertz CT molecular complexity index is 678. The number of rotatable bonds is 4. The zero-order chi connectivity index (χ0) is 16.2. The number of halogens is 3. The Morgan fingerprint density at radius 3 is 2.68 bits per heavy atom. The topological polar surface area (TPSA) is 80.9 Å². The Kier molecular flexibility index (Phi) is 4.86. The highest BCUT2D eigenvalue weighted by molar-refractivity contribution is 7.99. The van der Waals surface area contributed by atoms with Crippen LogP contribution in [0.2, 0.25) is 0 Å². The van der Waals surface area contributed by atoms with E-state index in [4.69, 9.17) is 5.73 Å². The lowest BCUT2D eigenvalue weighted by Crippen LogP contribution is -2.15. The van der Waals surface area contributed by atoms with Crippen molar-refractivity contribution >= 4 is 29.2 Å². The van der Waals surface area contributed by atoms with Gasteiger partial charge in [0, 0.05) is 11.9 Å². The molecule has 0 unspecified atom stereocenters. The minimum atomic E-state index is -4.31. The molecule has 0 atom stereocenters. The Morgan fingerprint density at radius 2 is 2.00 bits per heavy atom. The van der Waals surface area contributed by atoms with Crippen LogP contribution in [0.25, 0.3) is 0 Å². The van der Waals surface area contributed by atoms with Crippen LogP contribution in [0.3, 0.4) is 0 Å². The summed E-state index contributed by atoms with van der Waals surface area (Å²) in [6.07, 6.45) is -3.04. The van der Waals surface area contributed by atoms with E-state index in [2.05, 4.69) is 15.3 Å². The Hall–Kier alpha value is -2.29. The molecule has 0 radical (unpaired) electrons. The van der Waals surface area contributed by atoms with Crippen molar-refractivity contribution in [3.63, 3.8) is 0 Å². The van der Waals surface area contributed by atoms with Crippen molar-refractivity contribution in [2.45, 2.75) is 11.3 Å². The third-order valence-corrected chi connectivity index (χ3v) is 3.37. The summed E-state index contributed by atoms with van der Waals surface area (Å²) >= 11 is 0.444. The van der Waals surface area contributed by atoms with Crippen molar-refractivity contribution in [1.82, 2.24) is 9.97 Å². The van der Waals surface area contributed by atoms with Gasteiger partial charge in [-0.1, -0.05) is 23.9 Å². The molecule has 2 aromatic rings. The number of aromatic nitrogens is 2. The van der Waals surface area contributed by atoms with Gasteiger partial charge in [-0.3, -0.25) is 4.79 Å². The number of hydrogen-bond donors (Lipinski definition) is 2. The van der Waals surface area contributed by atoms with E-state index in [1.165, 1.54) is 18.3 Å². The Balaban J connectivity index is 2.07. The SMILES string of the molecule is Nc1ccccc1C(=O)Nc1ccnc(SCC(F)(F)F)n1. The van der Waals surface area contributed by atoms with Crippen molar-refractivity contribution in [1.29, 1.82) is 0 Å². The van der Waals surface area contributed by atoms with Crippen molar-refractivity contribution in [2.75, 3.05) is 16.8 Å². The van der Waals surface area contributed by atoms with Crippen molar-refractivity contribution in [2.24, 2.45) is 0 Å². The van der Waals surface area contributed by atoms with Crippen LogP contribution in [0.5, 0.6) is 0 Å². The lowest BCUT2D eigenvalue weighted by Gasteiger charge is -2.08. The summed E-state index contributed by atoms with van der Waals surface area (Å²) in [5.74, 6) is -1.49. The summed E-state index contributed by atoms with van der Waals surface area (Å²) in [7, 11) is 0. The molecule has 0 aliphatic rings. The second-order valence-corrected chi connectivity index (χ2v) is 5.11. The van der Waals surface area contributed by atoms with Crippen LogP contribution >= 0.6 is 11.8 Å². The summed E-state index contributed by atoms with van der Waals surface area (Å²) in [6, 6.07) is 7.82. The van der Waals surface area contributed by atoms with Gasteiger partial charge >= 0.3 is 6.18 Å². The zero-order valence-electron chi connectivity index (χ0n) is 11.1. The highest BCUT2D eigenvalue weighted by Gasteiger charge is 2.27. The first-order chi connectivity index (χ1) is 10.3. The van der Waals surface area contributed by atoms with E-state index in [1.807, 2.05) is 0 Å².